The number of aromatic nitrogens is 2. The van der Waals surface area contributed by atoms with Gasteiger partial charge in [0.05, 0.1) is 18.1 Å². The number of nitrogens with one attached hydrogen (secondary N) is 1. The molecule has 2 aromatic rings. The Morgan fingerprint density at radius 3 is 2.65 bits per heavy atom. The summed E-state index contributed by atoms with van der Waals surface area (Å²) in [6.45, 7) is 6.81. The predicted octanol–water partition coefficient (Wildman–Crippen LogP) is 3.40. The van der Waals surface area contributed by atoms with Gasteiger partial charge in [0, 0.05) is 11.1 Å². The minimum absolute atomic E-state index is 0.0117. The van der Waals surface area contributed by atoms with Crippen molar-refractivity contribution in [2.24, 2.45) is 0 Å². The number of methoxy groups -OCH3 is 1. The lowest BCUT2D eigenvalue weighted by molar-refractivity contribution is 0.383. The van der Waals surface area contributed by atoms with Gasteiger partial charge in [-0.05, 0) is 54.9 Å². The summed E-state index contributed by atoms with van der Waals surface area (Å²) in [6.07, 6.45) is 0. The standard InChI is InChI=1S/C14H18BrN3O2/c1-14(2,3)16-8-12-17-18-13(20-12)9-5-6-11(19-4)10(15)7-9/h5-7,16H,8H2,1-4H3. The Labute approximate surface area is 126 Å². The Morgan fingerprint density at radius 1 is 1.30 bits per heavy atom. The number of ether oxygens (including phenoxy) is 1. The number of nitrogens with zero attached hydrogens (tertiary/aromatic N) is 2. The van der Waals surface area contributed by atoms with Gasteiger partial charge in [-0.2, -0.15) is 0 Å². The summed E-state index contributed by atoms with van der Waals surface area (Å²) in [4.78, 5) is 0. The monoisotopic (exact) mass is 339 g/mol. The second kappa shape index (κ2) is 5.93. The highest BCUT2D eigenvalue weighted by Gasteiger charge is 2.13. The van der Waals surface area contributed by atoms with E-state index in [1.165, 1.54) is 0 Å². The van der Waals surface area contributed by atoms with E-state index in [2.05, 4.69) is 52.2 Å². The maximum atomic E-state index is 5.65. The molecule has 0 spiro atoms. The zero-order valence-corrected chi connectivity index (χ0v) is 13.6. The van der Waals surface area contributed by atoms with E-state index in [4.69, 9.17) is 9.15 Å². The first-order chi connectivity index (χ1) is 9.39. The van der Waals surface area contributed by atoms with Gasteiger partial charge in [-0.1, -0.05) is 0 Å². The first-order valence-corrected chi connectivity index (χ1v) is 7.09. The number of rotatable bonds is 4. The number of hydrogen-bond acceptors (Lipinski definition) is 5. The van der Waals surface area contributed by atoms with E-state index >= 15 is 0 Å². The highest BCUT2D eigenvalue weighted by molar-refractivity contribution is 9.10. The molecule has 6 heteroatoms. The highest BCUT2D eigenvalue weighted by Crippen LogP contribution is 2.29. The molecule has 0 aliphatic carbocycles. The molecule has 0 radical (unpaired) electrons. The Bertz CT molecular complexity index is 590. The quantitative estimate of drug-likeness (QED) is 0.924. The Kier molecular flexibility index (Phi) is 4.45. The van der Waals surface area contributed by atoms with Crippen LogP contribution in [-0.4, -0.2) is 22.8 Å². The summed E-state index contributed by atoms with van der Waals surface area (Å²) in [6, 6.07) is 5.64. The van der Waals surface area contributed by atoms with Crippen LogP contribution in [0.25, 0.3) is 11.5 Å². The van der Waals surface area contributed by atoms with Gasteiger partial charge < -0.3 is 14.5 Å². The van der Waals surface area contributed by atoms with Gasteiger partial charge in [0.1, 0.15) is 5.75 Å². The zero-order valence-electron chi connectivity index (χ0n) is 12.0. The summed E-state index contributed by atoms with van der Waals surface area (Å²) in [5.41, 5.74) is 0.866. The molecule has 0 amide bonds. The van der Waals surface area contributed by atoms with Gasteiger partial charge in [0.25, 0.3) is 0 Å². The van der Waals surface area contributed by atoms with Gasteiger partial charge >= 0.3 is 0 Å². The second-order valence-corrected chi connectivity index (χ2v) is 6.31. The van der Waals surface area contributed by atoms with Crippen molar-refractivity contribution in [3.05, 3.63) is 28.6 Å². The molecule has 0 saturated carbocycles. The Hall–Kier alpha value is -1.40. The van der Waals surface area contributed by atoms with Crippen molar-refractivity contribution < 1.29 is 9.15 Å². The van der Waals surface area contributed by atoms with Crippen molar-refractivity contribution in [1.82, 2.24) is 15.5 Å². The summed E-state index contributed by atoms with van der Waals surface area (Å²) in [7, 11) is 1.63. The third-order valence-electron chi connectivity index (χ3n) is 2.64. The molecule has 2 rings (SSSR count). The fourth-order valence-corrected chi connectivity index (χ4v) is 2.12. The van der Waals surface area contributed by atoms with E-state index in [9.17, 15) is 0 Å². The fourth-order valence-electron chi connectivity index (χ4n) is 1.58. The smallest absolute Gasteiger partial charge is 0.247 e. The van der Waals surface area contributed by atoms with Crippen LogP contribution in [-0.2, 0) is 6.54 Å². The van der Waals surface area contributed by atoms with E-state index in [0.717, 1.165) is 15.8 Å². The van der Waals surface area contributed by atoms with Crippen LogP contribution in [0.3, 0.4) is 0 Å². The minimum atomic E-state index is 0.0117. The molecular formula is C14H18BrN3O2. The van der Waals surface area contributed by atoms with Gasteiger partial charge in [0.2, 0.25) is 11.8 Å². The topological polar surface area (TPSA) is 60.2 Å². The van der Waals surface area contributed by atoms with Crippen LogP contribution in [0.2, 0.25) is 0 Å². The normalized spacial score (nSPS) is 11.7. The lowest BCUT2D eigenvalue weighted by atomic mass is 10.1. The molecule has 1 heterocycles. The third-order valence-corrected chi connectivity index (χ3v) is 3.26. The highest BCUT2D eigenvalue weighted by atomic mass is 79.9. The molecule has 1 aromatic carbocycles. The molecular weight excluding hydrogens is 322 g/mol. The molecule has 1 aromatic heterocycles. The lowest BCUT2D eigenvalue weighted by Crippen LogP contribution is -2.35. The average molecular weight is 340 g/mol. The second-order valence-electron chi connectivity index (χ2n) is 5.45. The Morgan fingerprint density at radius 2 is 2.05 bits per heavy atom. The first kappa shape index (κ1) is 15.0. The molecule has 1 N–H and O–H groups in total. The molecule has 0 saturated heterocycles. The number of hydrogen-bond donors (Lipinski definition) is 1. The van der Waals surface area contributed by atoms with E-state index in [1.807, 2.05) is 18.2 Å². The maximum Gasteiger partial charge on any atom is 0.247 e. The summed E-state index contributed by atoms with van der Waals surface area (Å²) >= 11 is 3.44. The van der Waals surface area contributed by atoms with Gasteiger partial charge in [-0.15, -0.1) is 10.2 Å². The average Bonchev–Trinajstić information content (AvgIpc) is 2.84. The summed E-state index contributed by atoms with van der Waals surface area (Å²) < 4.78 is 11.7. The van der Waals surface area contributed by atoms with Crippen LogP contribution in [0.15, 0.2) is 27.1 Å². The van der Waals surface area contributed by atoms with E-state index in [0.29, 0.717) is 18.3 Å². The number of halogens is 1. The largest absolute Gasteiger partial charge is 0.496 e. The number of benzene rings is 1. The molecule has 5 nitrogen and oxygen atoms in total. The van der Waals surface area contributed by atoms with Crippen molar-refractivity contribution >= 4 is 15.9 Å². The molecule has 20 heavy (non-hydrogen) atoms. The van der Waals surface area contributed by atoms with E-state index in [-0.39, 0.29) is 5.54 Å². The third kappa shape index (κ3) is 3.80. The minimum Gasteiger partial charge on any atom is -0.496 e. The van der Waals surface area contributed by atoms with Crippen LogP contribution >= 0.6 is 15.9 Å². The van der Waals surface area contributed by atoms with Crippen LogP contribution < -0.4 is 10.1 Å². The van der Waals surface area contributed by atoms with Crippen LogP contribution in [0.4, 0.5) is 0 Å². The van der Waals surface area contributed by atoms with Crippen LogP contribution in [0.1, 0.15) is 26.7 Å². The molecule has 0 aliphatic rings. The Balaban J connectivity index is 2.14. The van der Waals surface area contributed by atoms with E-state index < -0.39 is 0 Å². The fraction of sp³-hybridized carbons (Fsp3) is 0.429. The lowest BCUT2D eigenvalue weighted by Gasteiger charge is -2.18. The first-order valence-electron chi connectivity index (χ1n) is 6.30. The summed E-state index contributed by atoms with van der Waals surface area (Å²) in [5.74, 6) is 1.84. The molecule has 0 fully saturated rings. The summed E-state index contributed by atoms with van der Waals surface area (Å²) in [5, 5.41) is 11.4. The van der Waals surface area contributed by atoms with Crippen molar-refractivity contribution in [2.45, 2.75) is 32.9 Å². The molecule has 0 bridgehead atoms. The van der Waals surface area contributed by atoms with Crippen molar-refractivity contribution in [3.8, 4) is 17.2 Å². The van der Waals surface area contributed by atoms with Crippen molar-refractivity contribution in [1.29, 1.82) is 0 Å². The molecule has 108 valence electrons. The van der Waals surface area contributed by atoms with Crippen molar-refractivity contribution in [2.75, 3.05) is 7.11 Å². The van der Waals surface area contributed by atoms with E-state index in [1.54, 1.807) is 7.11 Å². The molecule has 0 unspecified atom stereocenters. The van der Waals surface area contributed by atoms with Gasteiger partial charge in [-0.25, -0.2) is 0 Å². The SMILES string of the molecule is COc1ccc(-c2nnc(CNC(C)(C)C)o2)cc1Br. The van der Waals surface area contributed by atoms with Crippen LogP contribution in [0, 0.1) is 0 Å². The zero-order chi connectivity index (χ0) is 14.8. The van der Waals surface area contributed by atoms with Gasteiger partial charge in [-0.3, -0.25) is 0 Å². The van der Waals surface area contributed by atoms with Gasteiger partial charge in [0.15, 0.2) is 0 Å². The van der Waals surface area contributed by atoms with Crippen molar-refractivity contribution in [3.63, 3.8) is 0 Å². The molecule has 0 atom stereocenters. The molecule has 0 aliphatic heterocycles. The predicted molar refractivity (Wildman–Crippen MR) is 80.6 cm³/mol. The maximum absolute atomic E-state index is 5.65. The van der Waals surface area contributed by atoms with Crippen LogP contribution in [0.5, 0.6) is 5.75 Å².